The molecule has 0 radical (unpaired) electrons. The van der Waals surface area contributed by atoms with Gasteiger partial charge in [-0.3, -0.25) is 0 Å². The molecule has 0 saturated carbocycles. The summed E-state index contributed by atoms with van der Waals surface area (Å²) in [5.41, 5.74) is 1.01. The minimum absolute atomic E-state index is 0.0154. The molecule has 0 unspecified atom stereocenters. The van der Waals surface area contributed by atoms with Crippen LogP contribution in [0.25, 0.3) is 0 Å². The highest BCUT2D eigenvalue weighted by Gasteiger charge is 2.17. The summed E-state index contributed by atoms with van der Waals surface area (Å²) < 4.78 is 46.0. The van der Waals surface area contributed by atoms with Crippen molar-refractivity contribution < 1.29 is 17.5 Å². The molecule has 0 amide bonds. The number of halogens is 2. The quantitative estimate of drug-likeness (QED) is 0.665. The molecule has 25 heavy (non-hydrogen) atoms. The molecule has 0 aliphatic heterocycles. The summed E-state index contributed by atoms with van der Waals surface area (Å²) in [6.07, 6.45) is 1.29. The first-order valence-corrected chi connectivity index (χ1v) is 10.1. The van der Waals surface area contributed by atoms with Crippen molar-refractivity contribution in [2.24, 2.45) is 0 Å². The zero-order chi connectivity index (χ0) is 18.3. The SMILES string of the molecule is CCOc1ccccc1CCCNS(=O)(=O)Cc1c(F)cccc1Cl. The second-order valence-electron chi connectivity index (χ2n) is 5.50. The van der Waals surface area contributed by atoms with Crippen LogP contribution in [0.5, 0.6) is 5.75 Å². The van der Waals surface area contributed by atoms with Crippen LogP contribution in [0.2, 0.25) is 5.02 Å². The normalized spacial score (nSPS) is 11.5. The van der Waals surface area contributed by atoms with Gasteiger partial charge in [-0.05, 0) is 43.5 Å². The maximum Gasteiger partial charge on any atom is 0.215 e. The number of ether oxygens (including phenoxy) is 1. The maximum absolute atomic E-state index is 13.7. The van der Waals surface area contributed by atoms with E-state index in [4.69, 9.17) is 16.3 Å². The topological polar surface area (TPSA) is 55.4 Å². The van der Waals surface area contributed by atoms with Gasteiger partial charge in [0.05, 0.1) is 12.4 Å². The van der Waals surface area contributed by atoms with Crippen molar-refractivity contribution in [1.29, 1.82) is 0 Å². The Balaban J connectivity index is 1.89. The van der Waals surface area contributed by atoms with Crippen LogP contribution in [0.1, 0.15) is 24.5 Å². The number of aryl methyl sites for hydroxylation is 1. The lowest BCUT2D eigenvalue weighted by molar-refractivity contribution is 0.336. The molecular weight excluding hydrogens is 365 g/mol. The van der Waals surface area contributed by atoms with E-state index in [9.17, 15) is 12.8 Å². The number of rotatable bonds is 9. The highest BCUT2D eigenvalue weighted by atomic mass is 35.5. The van der Waals surface area contributed by atoms with Gasteiger partial charge < -0.3 is 4.74 Å². The number of para-hydroxylation sites is 1. The highest BCUT2D eigenvalue weighted by molar-refractivity contribution is 7.88. The molecule has 2 aromatic rings. The van der Waals surface area contributed by atoms with Crippen LogP contribution in [0.3, 0.4) is 0 Å². The Bertz CT molecular complexity index is 791. The van der Waals surface area contributed by atoms with Crippen molar-refractivity contribution in [3.8, 4) is 5.75 Å². The third kappa shape index (κ3) is 5.99. The van der Waals surface area contributed by atoms with Crippen molar-refractivity contribution in [3.05, 3.63) is 64.4 Å². The first-order valence-electron chi connectivity index (χ1n) is 8.04. The monoisotopic (exact) mass is 385 g/mol. The van der Waals surface area contributed by atoms with E-state index in [1.807, 2.05) is 31.2 Å². The number of benzene rings is 2. The molecule has 7 heteroatoms. The third-order valence-corrected chi connectivity index (χ3v) is 5.28. The van der Waals surface area contributed by atoms with Crippen molar-refractivity contribution in [3.63, 3.8) is 0 Å². The molecular formula is C18H21ClFNO3S. The number of sulfonamides is 1. The van der Waals surface area contributed by atoms with Gasteiger partial charge >= 0.3 is 0 Å². The molecule has 0 atom stereocenters. The number of nitrogens with one attached hydrogen (secondary N) is 1. The minimum Gasteiger partial charge on any atom is -0.494 e. The number of hydrogen-bond acceptors (Lipinski definition) is 3. The Morgan fingerprint density at radius 3 is 2.64 bits per heavy atom. The van der Waals surface area contributed by atoms with E-state index < -0.39 is 21.6 Å². The first kappa shape index (κ1) is 19.7. The fraction of sp³-hybridized carbons (Fsp3) is 0.333. The Labute approximate surface area is 153 Å². The van der Waals surface area contributed by atoms with Gasteiger partial charge in [0, 0.05) is 17.1 Å². The standard InChI is InChI=1S/C18H21ClFNO3S/c1-2-24-18-11-4-3-7-14(18)8-6-12-21-25(22,23)13-15-16(19)9-5-10-17(15)20/h3-5,7,9-11,21H,2,6,8,12-13H2,1H3. The molecule has 0 heterocycles. The van der Waals surface area contributed by atoms with Crippen LogP contribution in [-0.2, 0) is 22.2 Å². The predicted molar refractivity (Wildman–Crippen MR) is 98.0 cm³/mol. The van der Waals surface area contributed by atoms with E-state index in [2.05, 4.69) is 4.72 Å². The van der Waals surface area contributed by atoms with Crippen molar-refractivity contribution in [1.82, 2.24) is 4.72 Å². The van der Waals surface area contributed by atoms with Gasteiger partial charge in [0.1, 0.15) is 11.6 Å². The van der Waals surface area contributed by atoms with E-state index in [0.717, 1.165) is 11.3 Å². The maximum atomic E-state index is 13.7. The van der Waals surface area contributed by atoms with E-state index in [1.165, 1.54) is 18.2 Å². The molecule has 2 aromatic carbocycles. The Hall–Kier alpha value is -1.63. The van der Waals surface area contributed by atoms with Crippen molar-refractivity contribution in [2.75, 3.05) is 13.2 Å². The van der Waals surface area contributed by atoms with Gasteiger partial charge in [0.2, 0.25) is 10.0 Å². The Morgan fingerprint density at radius 1 is 1.16 bits per heavy atom. The van der Waals surface area contributed by atoms with Gasteiger partial charge in [-0.2, -0.15) is 0 Å². The summed E-state index contributed by atoms with van der Waals surface area (Å²) in [6.45, 7) is 2.75. The molecule has 0 spiro atoms. The summed E-state index contributed by atoms with van der Waals surface area (Å²) in [4.78, 5) is 0. The van der Waals surface area contributed by atoms with Crippen LogP contribution < -0.4 is 9.46 Å². The molecule has 4 nitrogen and oxygen atoms in total. The van der Waals surface area contributed by atoms with Crippen molar-refractivity contribution >= 4 is 21.6 Å². The van der Waals surface area contributed by atoms with Crippen LogP contribution in [0, 0.1) is 5.82 Å². The molecule has 0 bridgehead atoms. The van der Waals surface area contributed by atoms with E-state index in [-0.39, 0.29) is 17.1 Å². The largest absolute Gasteiger partial charge is 0.494 e. The Kier molecular flexibility index (Phi) is 7.23. The summed E-state index contributed by atoms with van der Waals surface area (Å²) >= 11 is 5.88. The minimum atomic E-state index is -3.66. The molecule has 2 rings (SSSR count). The summed E-state index contributed by atoms with van der Waals surface area (Å²) in [5.74, 6) is -0.289. The zero-order valence-electron chi connectivity index (χ0n) is 14.0. The first-order chi connectivity index (χ1) is 11.9. The summed E-state index contributed by atoms with van der Waals surface area (Å²) in [6, 6.07) is 11.8. The van der Waals surface area contributed by atoms with Crippen LogP contribution in [-0.4, -0.2) is 21.6 Å². The lowest BCUT2D eigenvalue weighted by Crippen LogP contribution is -2.27. The number of hydrogen-bond donors (Lipinski definition) is 1. The molecule has 0 aromatic heterocycles. The smallest absolute Gasteiger partial charge is 0.215 e. The highest BCUT2D eigenvalue weighted by Crippen LogP contribution is 2.21. The van der Waals surface area contributed by atoms with Crippen LogP contribution in [0.15, 0.2) is 42.5 Å². The van der Waals surface area contributed by atoms with Crippen LogP contribution >= 0.6 is 11.6 Å². The molecule has 1 N–H and O–H groups in total. The molecule has 0 saturated heterocycles. The van der Waals surface area contributed by atoms with Gasteiger partial charge in [0.15, 0.2) is 0 Å². The zero-order valence-corrected chi connectivity index (χ0v) is 15.5. The summed E-state index contributed by atoms with van der Waals surface area (Å²) in [5, 5.41) is 0.107. The second kappa shape index (κ2) is 9.17. The van der Waals surface area contributed by atoms with Crippen molar-refractivity contribution in [2.45, 2.75) is 25.5 Å². The van der Waals surface area contributed by atoms with Crippen LogP contribution in [0.4, 0.5) is 4.39 Å². The fourth-order valence-electron chi connectivity index (χ4n) is 2.42. The van der Waals surface area contributed by atoms with Gasteiger partial charge in [-0.25, -0.2) is 17.5 Å². The van der Waals surface area contributed by atoms with E-state index in [0.29, 0.717) is 19.4 Å². The van der Waals surface area contributed by atoms with Gasteiger partial charge in [0.25, 0.3) is 0 Å². The molecule has 136 valence electrons. The average molecular weight is 386 g/mol. The molecule has 0 aliphatic rings. The Morgan fingerprint density at radius 2 is 1.92 bits per heavy atom. The third-order valence-electron chi connectivity index (χ3n) is 3.61. The molecule has 0 fully saturated rings. The molecule has 0 aliphatic carbocycles. The van der Waals surface area contributed by atoms with Gasteiger partial charge in [-0.1, -0.05) is 35.9 Å². The van der Waals surface area contributed by atoms with E-state index in [1.54, 1.807) is 0 Å². The lowest BCUT2D eigenvalue weighted by Gasteiger charge is -2.11. The average Bonchev–Trinajstić information content (AvgIpc) is 2.57. The lowest BCUT2D eigenvalue weighted by atomic mass is 10.1. The summed E-state index contributed by atoms with van der Waals surface area (Å²) in [7, 11) is -3.66. The predicted octanol–water partition coefficient (Wildman–Crippen LogP) is 3.93. The second-order valence-corrected chi connectivity index (χ2v) is 7.71. The van der Waals surface area contributed by atoms with Gasteiger partial charge in [-0.15, -0.1) is 0 Å². The fourth-order valence-corrected chi connectivity index (χ4v) is 3.96. The van der Waals surface area contributed by atoms with E-state index >= 15 is 0 Å².